The predicted octanol–water partition coefficient (Wildman–Crippen LogP) is 1.40. The van der Waals surface area contributed by atoms with E-state index in [2.05, 4.69) is 23.8 Å². The van der Waals surface area contributed by atoms with Gasteiger partial charge in [0.15, 0.2) is 0 Å². The van der Waals surface area contributed by atoms with Gasteiger partial charge in [-0.05, 0) is 38.5 Å². The molecular formula is C14H26N2O2S. The quantitative estimate of drug-likeness (QED) is 0.802. The number of carbonyl (C=O) groups excluding carboxylic acids is 1. The number of carbonyl (C=O) groups is 1. The van der Waals surface area contributed by atoms with Gasteiger partial charge in [0.25, 0.3) is 0 Å². The molecule has 1 heterocycles. The SMILES string of the molecule is CCNC1COCC1C(=O)NC1CCC(SC)CC1. The maximum Gasteiger partial charge on any atom is 0.227 e. The number of thioether (sulfide) groups is 1. The Morgan fingerprint density at radius 3 is 2.63 bits per heavy atom. The van der Waals surface area contributed by atoms with Gasteiger partial charge in [-0.2, -0.15) is 11.8 Å². The first-order valence-corrected chi connectivity index (χ1v) is 8.67. The van der Waals surface area contributed by atoms with Gasteiger partial charge in [-0.25, -0.2) is 0 Å². The van der Waals surface area contributed by atoms with Gasteiger partial charge >= 0.3 is 0 Å². The van der Waals surface area contributed by atoms with Crippen molar-refractivity contribution in [2.45, 2.75) is 49.9 Å². The lowest BCUT2D eigenvalue weighted by Gasteiger charge is -2.29. The van der Waals surface area contributed by atoms with Crippen LogP contribution in [0.1, 0.15) is 32.6 Å². The van der Waals surface area contributed by atoms with Gasteiger partial charge in [0.05, 0.1) is 19.1 Å². The Bertz CT molecular complexity index is 293. The first-order chi connectivity index (χ1) is 9.24. The highest BCUT2D eigenvalue weighted by Crippen LogP contribution is 2.27. The second kappa shape index (κ2) is 7.50. The summed E-state index contributed by atoms with van der Waals surface area (Å²) in [6, 6.07) is 0.561. The minimum Gasteiger partial charge on any atom is -0.379 e. The molecule has 0 aromatic rings. The van der Waals surface area contributed by atoms with Crippen LogP contribution in [0.3, 0.4) is 0 Å². The van der Waals surface area contributed by atoms with Crippen molar-refractivity contribution in [2.75, 3.05) is 26.0 Å². The van der Waals surface area contributed by atoms with Crippen molar-refractivity contribution in [3.8, 4) is 0 Å². The zero-order valence-corrected chi connectivity index (χ0v) is 12.8. The third kappa shape index (κ3) is 4.10. The summed E-state index contributed by atoms with van der Waals surface area (Å²) in [6.45, 7) is 4.17. The summed E-state index contributed by atoms with van der Waals surface area (Å²) in [5, 5.41) is 7.35. The van der Waals surface area contributed by atoms with Crippen LogP contribution >= 0.6 is 11.8 Å². The van der Waals surface area contributed by atoms with Gasteiger partial charge in [0.1, 0.15) is 0 Å². The smallest absolute Gasteiger partial charge is 0.227 e. The normalized spacial score (nSPS) is 35.3. The monoisotopic (exact) mass is 286 g/mol. The van der Waals surface area contributed by atoms with Crippen molar-refractivity contribution >= 4 is 17.7 Å². The fourth-order valence-corrected chi connectivity index (χ4v) is 3.77. The van der Waals surface area contributed by atoms with Crippen LogP contribution in [0.5, 0.6) is 0 Å². The van der Waals surface area contributed by atoms with Crippen LogP contribution in [0, 0.1) is 5.92 Å². The van der Waals surface area contributed by atoms with E-state index in [-0.39, 0.29) is 17.9 Å². The van der Waals surface area contributed by atoms with Crippen molar-refractivity contribution in [3.63, 3.8) is 0 Å². The molecule has 1 aliphatic heterocycles. The summed E-state index contributed by atoms with van der Waals surface area (Å²) < 4.78 is 5.44. The van der Waals surface area contributed by atoms with E-state index in [0.717, 1.165) is 24.6 Å². The molecule has 1 aliphatic carbocycles. The lowest BCUT2D eigenvalue weighted by atomic mass is 9.93. The average Bonchev–Trinajstić information content (AvgIpc) is 2.88. The molecular weight excluding hydrogens is 260 g/mol. The molecule has 1 amide bonds. The van der Waals surface area contributed by atoms with E-state index in [1.54, 1.807) is 0 Å². The van der Waals surface area contributed by atoms with Crippen molar-refractivity contribution in [1.82, 2.24) is 10.6 Å². The summed E-state index contributed by atoms with van der Waals surface area (Å²) in [4.78, 5) is 12.3. The molecule has 2 aliphatic rings. The van der Waals surface area contributed by atoms with Crippen LogP contribution in [0.2, 0.25) is 0 Å². The number of nitrogens with one attached hydrogen (secondary N) is 2. The molecule has 2 atom stereocenters. The van der Waals surface area contributed by atoms with Crippen LogP contribution in [-0.4, -0.2) is 49.3 Å². The Morgan fingerprint density at radius 1 is 1.26 bits per heavy atom. The van der Waals surface area contributed by atoms with Crippen molar-refractivity contribution in [2.24, 2.45) is 5.92 Å². The highest BCUT2D eigenvalue weighted by atomic mass is 32.2. The molecule has 2 N–H and O–H groups in total. The van der Waals surface area contributed by atoms with Gasteiger partial charge in [-0.1, -0.05) is 6.92 Å². The number of likely N-dealkylation sites (N-methyl/N-ethyl adjacent to an activating group) is 1. The van der Waals surface area contributed by atoms with E-state index < -0.39 is 0 Å². The van der Waals surface area contributed by atoms with Crippen LogP contribution in [0.4, 0.5) is 0 Å². The number of rotatable bonds is 5. The van der Waals surface area contributed by atoms with Gasteiger partial charge in [-0.3, -0.25) is 4.79 Å². The number of hydrogen-bond acceptors (Lipinski definition) is 4. The van der Waals surface area contributed by atoms with E-state index in [4.69, 9.17) is 4.74 Å². The minimum absolute atomic E-state index is 0.0155. The Balaban J connectivity index is 1.77. The van der Waals surface area contributed by atoms with Crippen molar-refractivity contribution < 1.29 is 9.53 Å². The third-order valence-electron chi connectivity index (χ3n) is 4.24. The summed E-state index contributed by atoms with van der Waals surface area (Å²) in [5.41, 5.74) is 0. The van der Waals surface area contributed by atoms with E-state index >= 15 is 0 Å². The highest BCUT2D eigenvalue weighted by molar-refractivity contribution is 7.99. The second-order valence-electron chi connectivity index (χ2n) is 5.53. The molecule has 110 valence electrons. The molecule has 0 bridgehead atoms. The summed E-state index contributed by atoms with van der Waals surface area (Å²) in [6.07, 6.45) is 6.88. The summed E-state index contributed by atoms with van der Waals surface area (Å²) in [5.74, 6) is 0.161. The van der Waals surface area contributed by atoms with Crippen molar-refractivity contribution in [3.05, 3.63) is 0 Å². The third-order valence-corrected chi connectivity index (χ3v) is 5.38. The second-order valence-corrected chi connectivity index (χ2v) is 6.66. The van der Waals surface area contributed by atoms with Crippen LogP contribution in [-0.2, 0) is 9.53 Å². The molecule has 19 heavy (non-hydrogen) atoms. The zero-order valence-electron chi connectivity index (χ0n) is 12.0. The molecule has 5 heteroatoms. The van der Waals surface area contributed by atoms with Gasteiger partial charge in [0, 0.05) is 17.3 Å². The lowest BCUT2D eigenvalue weighted by molar-refractivity contribution is -0.126. The molecule has 4 nitrogen and oxygen atoms in total. The van der Waals surface area contributed by atoms with Crippen LogP contribution < -0.4 is 10.6 Å². The molecule has 2 unspecified atom stereocenters. The largest absolute Gasteiger partial charge is 0.379 e. The summed E-state index contributed by atoms with van der Waals surface area (Å²) in [7, 11) is 0. The Morgan fingerprint density at radius 2 is 2.00 bits per heavy atom. The number of ether oxygens (including phenoxy) is 1. The molecule has 1 saturated heterocycles. The number of hydrogen-bond donors (Lipinski definition) is 2. The standard InChI is InChI=1S/C14H26N2O2S/c1-3-15-13-9-18-8-12(13)14(17)16-10-4-6-11(19-2)7-5-10/h10-13,15H,3-9H2,1-2H3,(H,16,17). The fourth-order valence-electron chi connectivity index (χ4n) is 3.03. The molecule has 2 fully saturated rings. The average molecular weight is 286 g/mol. The summed E-state index contributed by atoms with van der Waals surface area (Å²) >= 11 is 1.96. The minimum atomic E-state index is -0.0155. The zero-order chi connectivity index (χ0) is 13.7. The number of amides is 1. The Kier molecular flexibility index (Phi) is 5.98. The molecule has 0 spiro atoms. The molecule has 0 aromatic heterocycles. The van der Waals surface area contributed by atoms with E-state index in [1.165, 1.54) is 12.8 Å². The van der Waals surface area contributed by atoms with Gasteiger partial charge in [0.2, 0.25) is 5.91 Å². The topological polar surface area (TPSA) is 50.4 Å². The first-order valence-electron chi connectivity index (χ1n) is 7.38. The van der Waals surface area contributed by atoms with E-state index in [9.17, 15) is 4.79 Å². The molecule has 0 aromatic carbocycles. The maximum absolute atomic E-state index is 12.3. The molecule has 2 rings (SSSR count). The fraction of sp³-hybridized carbons (Fsp3) is 0.929. The highest BCUT2D eigenvalue weighted by Gasteiger charge is 2.34. The van der Waals surface area contributed by atoms with Crippen LogP contribution in [0.25, 0.3) is 0 Å². The van der Waals surface area contributed by atoms with Crippen molar-refractivity contribution in [1.29, 1.82) is 0 Å². The maximum atomic E-state index is 12.3. The van der Waals surface area contributed by atoms with Gasteiger partial charge < -0.3 is 15.4 Å². The predicted molar refractivity (Wildman–Crippen MR) is 79.5 cm³/mol. The Hall–Kier alpha value is -0.260. The molecule has 1 saturated carbocycles. The molecule has 0 radical (unpaired) electrons. The Labute approximate surface area is 120 Å². The van der Waals surface area contributed by atoms with Gasteiger partial charge in [-0.15, -0.1) is 0 Å². The first kappa shape index (κ1) is 15.1. The van der Waals surface area contributed by atoms with E-state index in [1.807, 2.05) is 11.8 Å². The lowest BCUT2D eigenvalue weighted by Crippen LogP contribution is -2.47. The van der Waals surface area contributed by atoms with E-state index in [0.29, 0.717) is 19.3 Å². The van der Waals surface area contributed by atoms with Crippen LogP contribution in [0.15, 0.2) is 0 Å².